The predicted octanol–water partition coefficient (Wildman–Crippen LogP) is 3.61. The van der Waals surface area contributed by atoms with Gasteiger partial charge in [0.2, 0.25) is 0 Å². The number of aliphatic imine (C=N–C) groups is 1. The molecule has 0 unspecified atom stereocenters. The minimum atomic E-state index is 0. The average Bonchev–Trinajstić information content (AvgIpc) is 2.84. The van der Waals surface area contributed by atoms with Crippen LogP contribution >= 0.6 is 0 Å². The van der Waals surface area contributed by atoms with Crippen LogP contribution in [-0.4, -0.2) is 18.1 Å². The van der Waals surface area contributed by atoms with E-state index in [9.17, 15) is 0 Å². The van der Waals surface area contributed by atoms with Crippen molar-refractivity contribution in [3.05, 3.63) is 54.9 Å². The molecule has 16 heavy (non-hydrogen) atoms. The second kappa shape index (κ2) is 8.17. The lowest BCUT2D eigenvalue weighted by Crippen LogP contribution is -1.75. The van der Waals surface area contributed by atoms with Crippen molar-refractivity contribution in [2.45, 2.75) is 7.43 Å². The summed E-state index contributed by atoms with van der Waals surface area (Å²) in [4.78, 5) is 3.72. The fourth-order valence-electron chi connectivity index (χ4n) is 0.953. The van der Waals surface area contributed by atoms with Crippen LogP contribution in [0.4, 0.5) is 5.69 Å². The lowest BCUT2D eigenvalue weighted by Gasteiger charge is -1.84. The van der Waals surface area contributed by atoms with Gasteiger partial charge in [-0.25, -0.2) is 4.68 Å². The van der Waals surface area contributed by atoms with Crippen LogP contribution in [-0.2, 0) is 0 Å². The van der Waals surface area contributed by atoms with Gasteiger partial charge in [-0.1, -0.05) is 25.6 Å². The molecular formula is C13H17N3. The van der Waals surface area contributed by atoms with Gasteiger partial charge in [0.25, 0.3) is 0 Å². The molecule has 0 amide bonds. The summed E-state index contributed by atoms with van der Waals surface area (Å²) in [7, 11) is 0. The molecule has 0 atom stereocenters. The van der Waals surface area contributed by atoms with Gasteiger partial charge in [0.15, 0.2) is 0 Å². The monoisotopic (exact) mass is 215 g/mol. The van der Waals surface area contributed by atoms with E-state index in [1.165, 1.54) is 0 Å². The molecule has 0 N–H and O–H groups in total. The van der Waals surface area contributed by atoms with E-state index >= 15 is 0 Å². The van der Waals surface area contributed by atoms with Crippen molar-refractivity contribution in [2.24, 2.45) is 10.1 Å². The SMILES string of the molecule is C.C=Nc1ccccc1.C=Nn1cccc1. The number of hydrogen-bond donors (Lipinski definition) is 0. The normalized spacial score (nSPS) is 8.00. The maximum atomic E-state index is 3.72. The zero-order valence-electron chi connectivity index (χ0n) is 8.45. The smallest absolute Gasteiger partial charge is 0.0622 e. The summed E-state index contributed by atoms with van der Waals surface area (Å²) in [6, 6.07) is 13.4. The van der Waals surface area contributed by atoms with Gasteiger partial charge in [-0.15, -0.1) is 0 Å². The van der Waals surface area contributed by atoms with Gasteiger partial charge in [-0.05, 0) is 31.0 Å². The molecule has 2 rings (SSSR count). The minimum absolute atomic E-state index is 0. The topological polar surface area (TPSA) is 29.6 Å². The first-order valence-corrected chi connectivity index (χ1v) is 4.48. The third-order valence-electron chi connectivity index (χ3n) is 1.69. The first-order valence-electron chi connectivity index (χ1n) is 4.48. The van der Waals surface area contributed by atoms with Gasteiger partial charge in [0.05, 0.1) is 5.69 Å². The minimum Gasteiger partial charge on any atom is -0.265 e. The quantitative estimate of drug-likeness (QED) is 0.685. The van der Waals surface area contributed by atoms with Gasteiger partial charge in [0, 0.05) is 19.1 Å². The van der Waals surface area contributed by atoms with Crippen molar-refractivity contribution in [2.75, 3.05) is 0 Å². The highest BCUT2D eigenvalue weighted by molar-refractivity contribution is 5.44. The van der Waals surface area contributed by atoms with Crippen molar-refractivity contribution in [1.29, 1.82) is 0 Å². The first kappa shape index (κ1) is 13.8. The predicted molar refractivity (Wildman–Crippen MR) is 71.8 cm³/mol. The van der Waals surface area contributed by atoms with E-state index in [-0.39, 0.29) is 7.43 Å². The Morgan fingerprint density at radius 3 is 1.75 bits per heavy atom. The Bertz CT molecular complexity index is 390. The summed E-state index contributed by atoms with van der Waals surface area (Å²) in [6.07, 6.45) is 3.65. The van der Waals surface area contributed by atoms with E-state index in [2.05, 4.69) is 23.5 Å². The number of rotatable bonds is 2. The van der Waals surface area contributed by atoms with E-state index in [4.69, 9.17) is 0 Å². The van der Waals surface area contributed by atoms with Gasteiger partial charge in [0.1, 0.15) is 0 Å². The molecule has 1 aromatic heterocycles. The fourth-order valence-corrected chi connectivity index (χ4v) is 0.953. The summed E-state index contributed by atoms with van der Waals surface area (Å²) in [6.45, 7) is 6.70. The molecule has 0 spiro atoms. The lowest BCUT2D eigenvalue weighted by atomic mass is 10.3. The summed E-state index contributed by atoms with van der Waals surface area (Å²) < 4.78 is 1.64. The highest BCUT2D eigenvalue weighted by atomic mass is 15.3. The van der Waals surface area contributed by atoms with E-state index in [0.29, 0.717) is 0 Å². The highest BCUT2D eigenvalue weighted by Crippen LogP contribution is 2.06. The molecule has 3 heteroatoms. The van der Waals surface area contributed by atoms with Crippen molar-refractivity contribution in [3.8, 4) is 0 Å². The van der Waals surface area contributed by atoms with Crippen molar-refractivity contribution in [3.63, 3.8) is 0 Å². The number of para-hydroxylation sites is 1. The lowest BCUT2D eigenvalue weighted by molar-refractivity contribution is 0.899. The average molecular weight is 215 g/mol. The summed E-state index contributed by atoms with van der Waals surface area (Å²) in [5.74, 6) is 0. The molecule has 0 aliphatic rings. The summed E-state index contributed by atoms with van der Waals surface area (Å²) in [5, 5.41) is 3.60. The maximum Gasteiger partial charge on any atom is 0.0622 e. The summed E-state index contributed by atoms with van der Waals surface area (Å²) in [5.41, 5.74) is 0.924. The molecule has 0 aliphatic heterocycles. The molecule has 0 radical (unpaired) electrons. The Morgan fingerprint density at radius 2 is 1.44 bits per heavy atom. The van der Waals surface area contributed by atoms with Gasteiger partial charge >= 0.3 is 0 Å². The third-order valence-corrected chi connectivity index (χ3v) is 1.69. The van der Waals surface area contributed by atoms with Crippen LogP contribution in [0, 0.1) is 0 Å². The van der Waals surface area contributed by atoms with E-state index < -0.39 is 0 Å². The zero-order valence-corrected chi connectivity index (χ0v) is 8.45. The zero-order chi connectivity index (χ0) is 10.9. The second-order valence-corrected chi connectivity index (χ2v) is 2.70. The van der Waals surface area contributed by atoms with Gasteiger partial charge < -0.3 is 0 Å². The van der Waals surface area contributed by atoms with Crippen molar-refractivity contribution >= 4 is 19.1 Å². The molecule has 0 saturated carbocycles. The molecule has 3 nitrogen and oxygen atoms in total. The highest BCUT2D eigenvalue weighted by Gasteiger charge is 1.77. The maximum absolute atomic E-state index is 3.72. The van der Waals surface area contributed by atoms with Crippen molar-refractivity contribution in [1.82, 2.24) is 4.68 Å². The van der Waals surface area contributed by atoms with Crippen LogP contribution in [0.1, 0.15) is 7.43 Å². The first-order chi connectivity index (χ1) is 7.36. The van der Waals surface area contributed by atoms with Crippen LogP contribution in [0.15, 0.2) is 65.0 Å². The van der Waals surface area contributed by atoms with Gasteiger partial charge in [-0.3, -0.25) is 4.99 Å². The number of hydrogen-bond acceptors (Lipinski definition) is 2. The van der Waals surface area contributed by atoms with E-state index in [0.717, 1.165) is 5.69 Å². The standard InChI is InChI=1S/C7H7N.C5H6N2.CH4/c1-8-7-5-3-2-4-6-7;1-6-7-4-2-3-5-7;/h2-6H,1H2;2-5H,1H2;1H4. The Balaban J connectivity index is 0.000000267. The van der Waals surface area contributed by atoms with Crippen LogP contribution in [0.2, 0.25) is 0 Å². The molecular weight excluding hydrogens is 198 g/mol. The second-order valence-electron chi connectivity index (χ2n) is 2.70. The van der Waals surface area contributed by atoms with Crippen molar-refractivity contribution < 1.29 is 0 Å². The number of nitrogens with zero attached hydrogens (tertiary/aromatic N) is 3. The third kappa shape index (κ3) is 4.91. The fraction of sp³-hybridized carbons (Fsp3) is 0.0769. The number of benzene rings is 1. The molecule has 1 aromatic carbocycles. The Labute approximate surface area is 96.8 Å². The Kier molecular flexibility index (Phi) is 7.07. The van der Waals surface area contributed by atoms with Crippen LogP contribution < -0.4 is 0 Å². The molecule has 0 bridgehead atoms. The Hall–Kier alpha value is -2.16. The molecule has 1 heterocycles. The van der Waals surface area contributed by atoms with Crippen LogP contribution in [0.3, 0.4) is 0 Å². The van der Waals surface area contributed by atoms with Crippen LogP contribution in [0.5, 0.6) is 0 Å². The largest absolute Gasteiger partial charge is 0.265 e. The number of aromatic nitrogens is 1. The molecule has 0 fully saturated rings. The molecule has 0 saturated heterocycles. The molecule has 84 valence electrons. The van der Waals surface area contributed by atoms with Crippen LogP contribution in [0.25, 0.3) is 0 Å². The molecule has 2 aromatic rings. The van der Waals surface area contributed by atoms with E-state index in [1.54, 1.807) is 4.68 Å². The van der Waals surface area contributed by atoms with Gasteiger partial charge in [-0.2, -0.15) is 5.10 Å². The summed E-state index contributed by atoms with van der Waals surface area (Å²) >= 11 is 0. The molecule has 0 aliphatic carbocycles. The van der Waals surface area contributed by atoms with E-state index in [1.807, 2.05) is 54.9 Å². The Morgan fingerprint density at radius 1 is 0.875 bits per heavy atom.